The van der Waals surface area contributed by atoms with Crippen LogP contribution < -0.4 is 0 Å². The number of carbonyl (C=O) groups excluding carboxylic acids is 2. The average molecular weight is 261 g/mol. The van der Waals surface area contributed by atoms with Crippen LogP contribution in [0.25, 0.3) is 0 Å². The molecule has 19 heavy (non-hydrogen) atoms. The van der Waals surface area contributed by atoms with Crippen LogP contribution in [0.5, 0.6) is 0 Å². The topological polar surface area (TPSA) is 55.8 Å². The number of ether oxygens (including phenoxy) is 2. The summed E-state index contributed by atoms with van der Waals surface area (Å²) in [5.41, 5.74) is 0.818. The van der Waals surface area contributed by atoms with Crippen LogP contribution in [0, 0.1) is 5.92 Å². The summed E-state index contributed by atoms with van der Waals surface area (Å²) >= 11 is 0. The Morgan fingerprint density at radius 3 is 2.26 bits per heavy atom. The maximum Gasteiger partial charge on any atom is 0.265 e. The zero-order valence-corrected chi connectivity index (χ0v) is 10.9. The van der Waals surface area contributed by atoms with Gasteiger partial charge in [-0.25, -0.2) is 4.90 Å². The molecule has 0 saturated carbocycles. The molecule has 2 unspecified atom stereocenters. The van der Waals surface area contributed by atoms with E-state index in [1.807, 2.05) is 6.92 Å². The Balaban J connectivity index is 2.09. The minimum atomic E-state index is -1.27. The van der Waals surface area contributed by atoms with Gasteiger partial charge in [-0.1, -0.05) is 19.1 Å². The van der Waals surface area contributed by atoms with Crippen LogP contribution in [0.1, 0.15) is 34.1 Å². The van der Waals surface area contributed by atoms with Crippen LogP contribution in [-0.4, -0.2) is 36.3 Å². The Kier molecular flexibility index (Phi) is 2.69. The minimum absolute atomic E-state index is 0.0558. The first kappa shape index (κ1) is 12.3. The lowest BCUT2D eigenvalue weighted by Gasteiger charge is -2.37. The normalized spacial score (nSPS) is 30.0. The summed E-state index contributed by atoms with van der Waals surface area (Å²) < 4.78 is 11.0. The van der Waals surface area contributed by atoms with Gasteiger partial charge in [0.15, 0.2) is 0 Å². The van der Waals surface area contributed by atoms with E-state index in [9.17, 15) is 9.59 Å². The maximum atomic E-state index is 12.4. The summed E-state index contributed by atoms with van der Waals surface area (Å²) in [5, 5.41) is 0. The molecule has 2 atom stereocenters. The van der Waals surface area contributed by atoms with Crippen LogP contribution >= 0.6 is 0 Å². The highest BCUT2D eigenvalue weighted by Gasteiger charge is 2.56. The summed E-state index contributed by atoms with van der Waals surface area (Å²) in [7, 11) is 1.46. The van der Waals surface area contributed by atoms with Crippen molar-refractivity contribution in [2.45, 2.75) is 19.3 Å². The van der Waals surface area contributed by atoms with Crippen molar-refractivity contribution in [3.05, 3.63) is 35.4 Å². The first-order valence-electron chi connectivity index (χ1n) is 6.29. The summed E-state index contributed by atoms with van der Waals surface area (Å²) in [6.45, 7) is 2.39. The lowest BCUT2D eigenvalue weighted by atomic mass is 10.1. The van der Waals surface area contributed by atoms with Gasteiger partial charge in [-0.2, -0.15) is 0 Å². The molecule has 5 nitrogen and oxygen atoms in total. The van der Waals surface area contributed by atoms with Gasteiger partial charge in [-0.15, -0.1) is 0 Å². The molecular formula is C14H15NO4. The summed E-state index contributed by atoms with van der Waals surface area (Å²) in [5.74, 6) is -2.03. The number of imide groups is 1. The van der Waals surface area contributed by atoms with Gasteiger partial charge in [0.2, 0.25) is 0 Å². The molecule has 2 aliphatic rings. The van der Waals surface area contributed by atoms with E-state index in [2.05, 4.69) is 0 Å². The SMILES string of the molecule is COC1(N2C(=O)c3ccccc3C2=O)OCCC1C. The van der Waals surface area contributed by atoms with Crippen molar-refractivity contribution in [2.24, 2.45) is 5.92 Å². The standard InChI is InChI=1S/C14H15NO4/c1-9-7-8-19-14(9,18-2)15-12(16)10-5-3-4-6-11(10)13(15)17/h3-6,9H,7-8H2,1-2H3. The van der Waals surface area contributed by atoms with E-state index in [1.54, 1.807) is 24.3 Å². The Morgan fingerprint density at radius 2 is 1.84 bits per heavy atom. The Hall–Kier alpha value is -1.72. The largest absolute Gasteiger partial charge is 0.335 e. The molecule has 0 aromatic heterocycles. The average Bonchev–Trinajstić information content (AvgIpc) is 2.91. The molecule has 1 fully saturated rings. The lowest BCUT2D eigenvalue weighted by molar-refractivity contribution is -0.270. The molecule has 0 bridgehead atoms. The summed E-state index contributed by atoms with van der Waals surface area (Å²) in [6.07, 6.45) is 0.751. The molecule has 0 N–H and O–H groups in total. The van der Waals surface area contributed by atoms with Crippen LogP contribution in [-0.2, 0) is 9.47 Å². The molecule has 5 heteroatoms. The number of amides is 2. The number of nitrogens with zero attached hydrogens (tertiary/aromatic N) is 1. The van der Waals surface area contributed by atoms with Crippen LogP contribution in [0.3, 0.4) is 0 Å². The van der Waals surface area contributed by atoms with Crippen molar-refractivity contribution >= 4 is 11.8 Å². The highest BCUT2D eigenvalue weighted by molar-refractivity contribution is 6.21. The van der Waals surface area contributed by atoms with Gasteiger partial charge < -0.3 is 9.47 Å². The highest BCUT2D eigenvalue weighted by atomic mass is 16.7. The first-order chi connectivity index (χ1) is 9.12. The quantitative estimate of drug-likeness (QED) is 0.759. The van der Waals surface area contributed by atoms with E-state index in [4.69, 9.17) is 9.47 Å². The number of carbonyl (C=O) groups is 2. The second-order valence-corrected chi connectivity index (χ2v) is 4.86. The molecule has 0 aliphatic carbocycles. The molecule has 2 heterocycles. The molecule has 2 amide bonds. The third kappa shape index (κ3) is 1.49. The van der Waals surface area contributed by atoms with Crippen molar-refractivity contribution in [2.75, 3.05) is 13.7 Å². The smallest absolute Gasteiger partial charge is 0.265 e. The number of hydrogen-bond acceptors (Lipinski definition) is 4. The van der Waals surface area contributed by atoms with Gasteiger partial charge in [0.1, 0.15) is 0 Å². The molecule has 1 aromatic carbocycles. The fraction of sp³-hybridized carbons (Fsp3) is 0.429. The molecule has 0 spiro atoms. The van der Waals surface area contributed by atoms with E-state index in [0.29, 0.717) is 17.7 Å². The second kappa shape index (κ2) is 4.15. The van der Waals surface area contributed by atoms with Gasteiger partial charge in [0.05, 0.1) is 17.7 Å². The molecule has 1 aromatic rings. The van der Waals surface area contributed by atoms with E-state index in [1.165, 1.54) is 7.11 Å². The number of rotatable bonds is 2. The number of fused-ring (bicyclic) bond motifs is 1. The maximum absolute atomic E-state index is 12.4. The summed E-state index contributed by atoms with van der Waals surface area (Å²) in [4.78, 5) is 26.0. The monoisotopic (exact) mass is 261 g/mol. The second-order valence-electron chi connectivity index (χ2n) is 4.86. The van der Waals surface area contributed by atoms with Crippen LogP contribution in [0.2, 0.25) is 0 Å². The van der Waals surface area contributed by atoms with Gasteiger partial charge in [-0.3, -0.25) is 9.59 Å². The molecule has 100 valence electrons. The third-order valence-corrected chi connectivity index (χ3v) is 3.88. The molecule has 3 rings (SSSR count). The molecular weight excluding hydrogens is 246 g/mol. The number of benzene rings is 1. The Labute approximate surface area is 111 Å². The van der Waals surface area contributed by atoms with Crippen molar-refractivity contribution in [3.63, 3.8) is 0 Å². The zero-order chi connectivity index (χ0) is 13.6. The van der Waals surface area contributed by atoms with Crippen molar-refractivity contribution in [1.29, 1.82) is 0 Å². The number of methoxy groups -OCH3 is 1. The fourth-order valence-corrected chi connectivity index (χ4v) is 2.82. The van der Waals surface area contributed by atoms with E-state index >= 15 is 0 Å². The van der Waals surface area contributed by atoms with Crippen LogP contribution in [0.4, 0.5) is 0 Å². The van der Waals surface area contributed by atoms with E-state index in [-0.39, 0.29) is 17.7 Å². The molecule has 2 aliphatic heterocycles. The summed E-state index contributed by atoms with van der Waals surface area (Å²) in [6, 6.07) is 6.79. The zero-order valence-electron chi connectivity index (χ0n) is 10.9. The predicted molar refractivity (Wildman–Crippen MR) is 66.4 cm³/mol. The van der Waals surface area contributed by atoms with Gasteiger partial charge in [0.25, 0.3) is 17.7 Å². The lowest BCUT2D eigenvalue weighted by Crippen LogP contribution is -2.56. The highest BCUT2D eigenvalue weighted by Crippen LogP contribution is 2.40. The number of hydrogen-bond donors (Lipinski definition) is 0. The van der Waals surface area contributed by atoms with Crippen molar-refractivity contribution in [1.82, 2.24) is 4.90 Å². The first-order valence-corrected chi connectivity index (χ1v) is 6.29. The Bertz CT molecular complexity index is 521. The van der Waals surface area contributed by atoms with Crippen LogP contribution in [0.15, 0.2) is 24.3 Å². The third-order valence-electron chi connectivity index (χ3n) is 3.88. The van der Waals surface area contributed by atoms with E-state index in [0.717, 1.165) is 11.3 Å². The van der Waals surface area contributed by atoms with Gasteiger partial charge in [-0.05, 0) is 18.6 Å². The van der Waals surface area contributed by atoms with E-state index < -0.39 is 5.91 Å². The predicted octanol–water partition coefficient (Wildman–Crippen LogP) is 1.64. The fourth-order valence-electron chi connectivity index (χ4n) is 2.82. The van der Waals surface area contributed by atoms with Gasteiger partial charge in [0, 0.05) is 13.0 Å². The van der Waals surface area contributed by atoms with Crippen molar-refractivity contribution in [3.8, 4) is 0 Å². The van der Waals surface area contributed by atoms with Gasteiger partial charge >= 0.3 is 0 Å². The molecule has 0 radical (unpaired) electrons. The molecule has 1 saturated heterocycles. The Morgan fingerprint density at radius 1 is 1.26 bits per heavy atom. The van der Waals surface area contributed by atoms with Crippen molar-refractivity contribution < 1.29 is 19.1 Å². The minimum Gasteiger partial charge on any atom is -0.335 e.